The van der Waals surface area contributed by atoms with E-state index in [9.17, 15) is 0 Å². The highest BCUT2D eigenvalue weighted by Crippen LogP contribution is 2.30. The van der Waals surface area contributed by atoms with Gasteiger partial charge in [0.1, 0.15) is 5.82 Å². The van der Waals surface area contributed by atoms with Crippen molar-refractivity contribution in [1.82, 2.24) is 15.0 Å². The highest BCUT2D eigenvalue weighted by atomic mass is 35.5. The van der Waals surface area contributed by atoms with Gasteiger partial charge >= 0.3 is 0 Å². The van der Waals surface area contributed by atoms with Crippen molar-refractivity contribution < 1.29 is 0 Å². The second-order valence-electron chi connectivity index (χ2n) is 6.17. The second-order valence-corrected chi connectivity index (χ2v) is 6.61. The van der Waals surface area contributed by atoms with Gasteiger partial charge in [-0.2, -0.15) is 0 Å². The van der Waals surface area contributed by atoms with Crippen LogP contribution in [-0.2, 0) is 0 Å². The number of hydrogen-bond donors (Lipinski definition) is 1. The lowest BCUT2D eigenvalue weighted by Gasteiger charge is -2.14. The first kappa shape index (κ1) is 16.5. The predicted octanol–water partition coefficient (Wildman–Crippen LogP) is 5.71. The van der Waals surface area contributed by atoms with Crippen LogP contribution < -0.4 is 5.32 Å². The molecule has 1 N–H and O–H groups in total. The van der Waals surface area contributed by atoms with E-state index in [4.69, 9.17) is 16.6 Å². The maximum Gasteiger partial charge on any atom is 0.163 e. The number of aromatic nitrogens is 3. The van der Waals surface area contributed by atoms with Crippen molar-refractivity contribution in [3.8, 4) is 11.4 Å². The Bertz CT molecular complexity index is 1090. The summed E-state index contributed by atoms with van der Waals surface area (Å²) >= 11 is 6.21. The molecule has 4 nitrogen and oxygen atoms in total. The average molecular weight is 361 g/mol. The molecule has 128 valence electrons. The molecular formula is C21H17ClN4. The van der Waals surface area contributed by atoms with Gasteiger partial charge < -0.3 is 5.32 Å². The van der Waals surface area contributed by atoms with Crippen LogP contribution in [0, 0.1) is 13.8 Å². The van der Waals surface area contributed by atoms with Crippen LogP contribution in [0.2, 0.25) is 5.02 Å². The third kappa shape index (κ3) is 3.11. The molecule has 26 heavy (non-hydrogen) atoms. The average Bonchev–Trinajstić information content (AvgIpc) is 2.66. The minimum atomic E-state index is 0.626. The molecule has 0 atom stereocenters. The van der Waals surface area contributed by atoms with Crippen LogP contribution in [-0.4, -0.2) is 15.0 Å². The normalized spacial score (nSPS) is 10.9. The van der Waals surface area contributed by atoms with Crippen LogP contribution in [0.3, 0.4) is 0 Å². The first-order valence-electron chi connectivity index (χ1n) is 8.33. The molecule has 0 saturated heterocycles. The number of anilines is 2. The minimum Gasteiger partial charge on any atom is -0.339 e. The van der Waals surface area contributed by atoms with E-state index in [-0.39, 0.29) is 0 Å². The van der Waals surface area contributed by atoms with Crippen molar-refractivity contribution in [2.75, 3.05) is 5.32 Å². The third-order valence-corrected chi connectivity index (χ3v) is 4.67. The SMILES string of the molecule is Cc1cccc(Nc2nc(-c3cccnc3)nc3ccc(Cl)cc23)c1C. The lowest BCUT2D eigenvalue weighted by Crippen LogP contribution is -2.01. The van der Waals surface area contributed by atoms with Gasteiger partial charge in [0.25, 0.3) is 0 Å². The predicted molar refractivity (Wildman–Crippen MR) is 107 cm³/mol. The van der Waals surface area contributed by atoms with Gasteiger partial charge in [0.2, 0.25) is 0 Å². The van der Waals surface area contributed by atoms with Crippen molar-refractivity contribution in [3.05, 3.63) is 77.1 Å². The Morgan fingerprint density at radius 1 is 0.962 bits per heavy atom. The van der Waals surface area contributed by atoms with E-state index in [0.29, 0.717) is 10.8 Å². The molecule has 0 saturated carbocycles. The summed E-state index contributed by atoms with van der Waals surface area (Å²) in [5.74, 6) is 1.35. The molecule has 0 fully saturated rings. The second kappa shape index (κ2) is 6.73. The highest BCUT2D eigenvalue weighted by Gasteiger charge is 2.12. The van der Waals surface area contributed by atoms with Crippen molar-refractivity contribution in [1.29, 1.82) is 0 Å². The van der Waals surface area contributed by atoms with E-state index in [2.05, 4.69) is 35.2 Å². The zero-order chi connectivity index (χ0) is 18.1. The Hall–Kier alpha value is -2.98. The van der Waals surface area contributed by atoms with Crippen LogP contribution >= 0.6 is 11.6 Å². The maximum absolute atomic E-state index is 6.21. The van der Waals surface area contributed by atoms with Gasteiger partial charge in [0.15, 0.2) is 5.82 Å². The quantitative estimate of drug-likeness (QED) is 0.508. The van der Waals surface area contributed by atoms with Crippen molar-refractivity contribution in [3.63, 3.8) is 0 Å². The van der Waals surface area contributed by atoms with Crippen molar-refractivity contribution >= 4 is 34.0 Å². The summed E-state index contributed by atoms with van der Waals surface area (Å²) in [6, 6.07) is 15.6. The number of nitrogens with zero attached hydrogens (tertiary/aromatic N) is 3. The summed E-state index contributed by atoms with van der Waals surface area (Å²) in [7, 11) is 0. The third-order valence-electron chi connectivity index (χ3n) is 4.44. The molecule has 0 aliphatic heterocycles. The van der Waals surface area contributed by atoms with E-state index in [1.807, 2.05) is 42.5 Å². The smallest absolute Gasteiger partial charge is 0.163 e. The van der Waals surface area contributed by atoms with E-state index >= 15 is 0 Å². The molecule has 0 radical (unpaired) electrons. The minimum absolute atomic E-state index is 0.626. The monoisotopic (exact) mass is 360 g/mol. The summed E-state index contributed by atoms with van der Waals surface area (Å²) in [4.78, 5) is 13.6. The Balaban J connectivity index is 1.91. The molecule has 5 heteroatoms. The fourth-order valence-corrected chi connectivity index (χ4v) is 3.01. The topological polar surface area (TPSA) is 50.7 Å². The van der Waals surface area contributed by atoms with E-state index in [1.165, 1.54) is 11.1 Å². The van der Waals surface area contributed by atoms with Gasteiger partial charge in [-0.1, -0.05) is 23.7 Å². The van der Waals surface area contributed by atoms with Crippen LogP contribution in [0.5, 0.6) is 0 Å². The van der Waals surface area contributed by atoms with Crippen LogP contribution in [0.4, 0.5) is 11.5 Å². The number of aryl methyl sites for hydroxylation is 1. The van der Waals surface area contributed by atoms with E-state index < -0.39 is 0 Å². The lowest BCUT2D eigenvalue weighted by atomic mass is 10.1. The van der Waals surface area contributed by atoms with Gasteiger partial charge in [-0.15, -0.1) is 0 Å². The molecule has 0 unspecified atom stereocenters. The Kier molecular flexibility index (Phi) is 4.27. The maximum atomic E-state index is 6.21. The van der Waals surface area contributed by atoms with Gasteiger partial charge in [-0.05, 0) is 61.4 Å². The number of nitrogens with one attached hydrogen (secondary N) is 1. The molecule has 4 aromatic rings. The van der Waals surface area contributed by atoms with Gasteiger partial charge in [-0.3, -0.25) is 4.98 Å². The first-order chi connectivity index (χ1) is 12.6. The molecule has 2 aromatic carbocycles. The van der Waals surface area contributed by atoms with Crippen molar-refractivity contribution in [2.24, 2.45) is 0 Å². The summed E-state index contributed by atoms with van der Waals surface area (Å²) in [5, 5.41) is 5.00. The number of benzene rings is 2. The molecule has 0 amide bonds. The molecule has 2 aromatic heterocycles. The highest BCUT2D eigenvalue weighted by molar-refractivity contribution is 6.31. The molecule has 0 aliphatic rings. The van der Waals surface area contributed by atoms with E-state index in [1.54, 1.807) is 12.4 Å². The summed E-state index contributed by atoms with van der Waals surface area (Å²) < 4.78 is 0. The van der Waals surface area contributed by atoms with Gasteiger partial charge in [0.05, 0.1) is 5.52 Å². The number of hydrogen-bond acceptors (Lipinski definition) is 4. The van der Waals surface area contributed by atoms with E-state index in [0.717, 1.165) is 28.0 Å². The van der Waals surface area contributed by atoms with Gasteiger partial charge in [-0.25, -0.2) is 9.97 Å². The summed E-state index contributed by atoms with van der Waals surface area (Å²) in [5.41, 5.74) is 5.12. The largest absolute Gasteiger partial charge is 0.339 e. The molecule has 2 heterocycles. The van der Waals surface area contributed by atoms with Crippen LogP contribution in [0.25, 0.3) is 22.3 Å². The zero-order valence-electron chi connectivity index (χ0n) is 14.5. The van der Waals surface area contributed by atoms with Crippen LogP contribution in [0.1, 0.15) is 11.1 Å². The van der Waals surface area contributed by atoms with Gasteiger partial charge in [0, 0.05) is 34.1 Å². The Morgan fingerprint density at radius 2 is 1.85 bits per heavy atom. The Labute approximate surface area is 156 Å². The number of fused-ring (bicyclic) bond motifs is 1. The molecule has 4 rings (SSSR count). The van der Waals surface area contributed by atoms with Crippen molar-refractivity contribution in [2.45, 2.75) is 13.8 Å². The Morgan fingerprint density at radius 3 is 2.65 bits per heavy atom. The van der Waals surface area contributed by atoms with Crippen LogP contribution in [0.15, 0.2) is 60.9 Å². The zero-order valence-corrected chi connectivity index (χ0v) is 15.2. The number of pyridine rings is 1. The summed E-state index contributed by atoms with van der Waals surface area (Å²) in [6.07, 6.45) is 3.50. The molecule has 0 aliphatic carbocycles. The molecule has 0 bridgehead atoms. The standard InChI is InChI=1S/C21H17ClN4/c1-13-5-3-7-18(14(13)2)24-21-17-11-16(22)8-9-19(17)25-20(26-21)15-6-4-10-23-12-15/h3-12H,1-2H3,(H,24,25,26). The molecular weight excluding hydrogens is 344 g/mol. The summed E-state index contributed by atoms with van der Waals surface area (Å²) in [6.45, 7) is 4.19. The lowest BCUT2D eigenvalue weighted by molar-refractivity contribution is 1.20. The number of rotatable bonds is 3. The fraction of sp³-hybridized carbons (Fsp3) is 0.0952. The fourth-order valence-electron chi connectivity index (χ4n) is 2.83. The molecule has 0 spiro atoms. The number of halogens is 1. The first-order valence-corrected chi connectivity index (χ1v) is 8.70.